The summed E-state index contributed by atoms with van der Waals surface area (Å²) in [7, 11) is 0. The third-order valence-corrected chi connectivity index (χ3v) is 10.0. The molecule has 2 unspecified atom stereocenters. The molecule has 4 heteroatoms. The highest BCUT2D eigenvalue weighted by atomic mass is 79.9. The number of esters is 1. The third-order valence-electron chi connectivity index (χ3n) is 8.42. The van der Waals surface area contributed by atoms with E-state index < -0.39 is 0 Å². The molecule has 3 nitrogen and oxygen atoms in total. The predicted molar refractivity (Wildman–Crippen MR) is 175 cm³/mol. The fourth-order valence-corrected chi connectivity index (χ4v) is 6.63. The fraction of sp³-hybridized carbons (Fsp3) is 0.800. The molecule has 0 aromatic heterocycles. The molecule has 1 aromatic rings. The lowest BCUT2D eigenvalue weighted by Crippen LogP contribution is -2.30. The lowest BCUT2D eigenvalue weighted by atomic mass is 9.80. The van der Waals surface area contributed by atoms with Gasteiger partial charge in [0.15, 0.2) is 0 Å². The molecule has 3 N–H and O–H groups in total. The number of carbonyl (C=O) groups is 1. The number of benzene rings is 1. The summed E-state index contributed by atoms with van der Waals surface area (Å²) in [6, 6.07) is 9.39. The molecular weight excluding hydrogens is 546 g/mol. The van der Waals surface area contributed by atoms with E-state index in [4.69, 9.17) is 4.74 Å². The van der Waals surface area contributed by atoms with Crippen molar-refractivity contribution < 1.29 is 9.53 Å². The van der Waals surface area contributed by atoms with Gasteiger partial charge >= 0.3 is 5.97 Å². The molecule has 39 heavy (non-hydrogen) atoms. The van der Waals surface area contributed by atoms with Crippen LogP contribution in [0.5, 0.6) is 5.75 Å². The second-order valence-corrected chi connectivity index (χ2v) is 13.2. The maximum Gasteiger partial charge on any atom is 0.311 e. The number of hydrogen-bond donors (Lipinski definition) is 1. The Labute approximate surface area is 251 Å². The minimum Gasteiger partial charge on any atom is -0.427 e. The molecule has 228 valence electrons. The number of alkyl halides is 1. The highest BCUT2D eigenvalue weighted by Gasteiger charge is 2.32. The normalized spacial score (nSPS) is 13.4. The van der Waals surface area contributed by atoms with Crippen molar-refractivity contribution in [3.05, 3.63) is 30.3 Å². The molecule has 1 aromatic carbocycles. The topological polar surface area (TPSA) is 61.3 Å². The van der Waals surface area contributed by atoms with Crippen LogP contribution in [-0.2, 0) is 4.79 Å². The standard InChI is InChI=1S/C35H61BrO2.H3N/c1-4-7-8-9-10-11-12-13-14-15-16-17-18-22-27-32(5-2)35(36,6-3)31-26-20-19-25-30-34(37)38-33-28-23-21-24-29-33;/h21,23-24,28-29,32H,4-20,22,25-27,30-31H2,1-3H3;1H3. The van der Waals surface area contributed by atoms with Crippen LogP contribution in [0, 0.1) is 5.92 Å². The van der Waals surface area contributed by atoms with Gasteiger partial charge in [-0.15, -0.1) is 0 Å². The van der Waals surface area contributed by atoms with Crippen LogP contribution in [0.15, 0.2) is 30.3 Å². The van der Waals surface area contributed by atoms with Crippen molar-refractivity contribution >= 4 is 21.9 Å². The molecule has 0 heterocycles. The van der Waals surface area contributed by atoms with E-state index in [9.17, 15) is 4.79 Å². The van der Waals surface area contributed by atoms with Crippen molar-refractivity contribution in [1.29, 1.82) is 0 Å². The van der Waals surface area contributed by atoms with Crippen LogP contribution in [0.25, 0.3) is 0 Å². The fourth-order valence-electron chi connectivity index (χ4n) is 5.80. The van der Waals surface area contributed by atoms with Crippen molar-refractivity contribution in [3.63, 3.8) is 0 Å². The largest absolute Gasteiger partial charge is 0.427 e. The van der Waals surface area contributed by atoms with Gasteiger partial charge in [-0.25, -0.2) is 0 Å². The van der Waals surface area contributed by atoms with E-state index in [1.807, 2.05) is 30.3 Å². The molecule has 2 atom stereocenters. The van der Waals surface area contributed by atoms with Crippen molar-refractivity contribution in [3.8, 4) is 5.75 Å². The summed E-state index contributed by atoms with van der Waals surface area (Å²) in [5.74, 6) is 1.30. The molecule has 0 bridgehead atoms. The third kappa shape index (κ3) is 19.8. The van der Waals surface area contributed by atoms with Gasteiger partial charge in [0.1, 0.15) is 5.75 Å². The maximum atomic E-state index is 12.0. The van der Waals surface area contributed by atoms with Crippen LogP contribution in [-0.4, -0.2) is 10.3 Å². The zero-order valence-corrected chi connectivity index (χ0v) is 27.7. The minimum atomic E-state index is -0.112. The van der Waals surface area contributed by atoms with E-state index in [-0.39, 0.29) is 16.4 Å². The Hall–Kier alpha value is -0.870. The summed E-state index contributed by atoms with van der Waals surface area (Å²) in [6.45, 7) is 7.02. The Morgan fingerprint density at radius 3 is 1.72 bits per heavy atom. The predicted octanol–water partition coefficient (Wildman–Crippen LogP) is 12.5. The molecule has 0 saturated heterocycles. The molecule has 0 aliphatic rings. The molecule has 1 rings (SSSR count). The number of hydrogen-bond acceptors (Lipinski definition) is 3. The Kier molecular flexibility index (Phi) is 25.5. The molecule has 0 amide bonds. The zero-order chi connectivity index (χ0) is 27.7. The highest BCUT2D eigenvalue weighted by molar-refractivity contribution is 9.10. The van der Waals surface area contributed by atoms with E-state index in [0.29, 0.717) is 12.2 Å². The van der Waals surface area contributed by atoms with Crippen molar-refractivity contribution in [2.75, 3.05) is 0 Å². The minimum absolute atomic E-state index is 0. The van der Waals surface area contributed by atoms with Gasteiger partial charge in [0, 0.05) is 10.7 Å². The van der Waals surface area contributed by atoms with E-state index in [1.54, 1.807) is 0 Å². The van der Waals surface area contributed by atoms with Crippen LogP contribution in [0.1, 0.15) is 168 Å². The number of unbranched alkanes of at least 4 members (excludes halogenated alkanes) is 16. The van der Waals surface area contributed by atoms with Crippen LogP contribution in [0.3, 0.4) is 0 Å². The van der Waals surface area contributed by atoms with Gasteiger partial charge in [0.25, 0.3) is 0 Å². The summed E-state index contributed by atoms with van der Waals surface area (Å²) in [5, 5.41) is 0. The SMILES string of the molecule is CCCCCCCCCCCCCCCCC(CC)C(Br)(CC)CCCCCCC(=O)Oc1ccccc1.N. The summed E-state index contributed by atoms with van der Waals surface area (Å²) in [5.41, 5.74) is 0. The summed E-state index contributed by atoms with van der Waals surface area (Å²) in [4.78, 5) is 12.0. The zero-order valence-electron chi connectivity index (χ0n) is 26.1. The van der Waals surface area contributed by atoms with E-state index in [1.165, 1.54) is 128 Å². The summed E-state index contributed by atoms with van der Waals surface area (Å²) >= 11 is 4.21. The molecular formula is C35H64BrNO2. The van der Waals surface area contributed by atoms with Gasteiger partial charge in [0.05, 0.1) is 0 Å². The summed E-state index contributed by atoms with van der Waals surface area (Å²) in [6.07, 6.45) is 30.0. The smallest absolute Gasteiger partial charge is 0.311 e. The molecule has 0 fully saturated rings. The summed E-state index contributed by atoms with van der Waals surface area (Å²) < 4.78 is 5.68. The van der Waals surface area contributed by atoms with Gasteiger partial charge in [0.2, 0.25) is 0 Å². The lowest BCUT2D eigenvalue weighted by molar-refractivity contribution is -0.134. The number of carbonyl (C=O) groups excluding carboxylic acids is 1. The second kappa shape index (κ2) is 26.1. The van der Waals surface area contributed by atoms with E-state index in [2.05, 4.69) is 36.7 Å². The average molecular weight is 611 g/mol. The Morgan fingerprint density at radius 2 is 1.21 bits per heavy atom. The average Bonchev–Trinajstić information content (AvgIpc) is 2.93. The van der Waals surface area contributed by atoms with Gasteiger partial charge in [-0.1, -0.05) is 170 Å². The first-order valence-corrected chi connectivity index (χ1v) is 17.3. The first-order chi connectivity index (χ1) is 18.6. The van der Waals surface area contributed by atoms with Crippen molar-refractivity contribution in [2.24, 2.45) is 5.92 Å². The van der Waals surface area contributed by atoms with Crippen LogP contribution in [0.2, 0.25) is 0 Å². The molecule has 0 spiro atoms. The first kappa shape index (κ1) is 38.1. The number of halogens is 1. The molecule has 0 aliphatic carbocycles. The van der Waals surface area contributed by atoms with Crippen LogP contribution < -0.4 is 10.9 Å². The quantitative estimate of drug-likeness (QED) is 0.0491. The highest BCUT2D eigenvalue weighted by Crippen LogP contribution is 2.41. The first-order valence-electron chi connectivity index (χ1n) is 16.5. The van der Waals surface area contributed by atoms with Gasteiger partial charge in [-0.2, -0.15) is 0 Å². The number of para-hydroxylation sites is 1. The Balaban J connectivity index is 0.0000144. The maximum absolute atomic E-state index is 12.0. The van der Waals surface area contributed by atoms with Crippen molar-refractivity contribution in [1.82, 2.24) is 6.15 Å². The van der Waals surface area contributed by atoms with E-state index in [0.717, 1.165) is 18.8 Å². The Bertz CT molecular complexity index is 668. The lowest BCUT2D eigenvalue weighted by Gasteiger charge is -2.35. The molecule has 0 radical (unpaired) electrons. The second-order valence-electron chi connectivity index (χ2n) is 11.6. The van der Waals surface area contributed by atoms with Crippen molar-refractivity contribution in [2.45, 2.75) is 173 Å². The van der Waals surface area contributed by atoms with Crippen LogP contribution >= 0.6 is 15.9 Å². The van der Waals surface area contributed by atoms with E-state index >= 15 is 0 Å². The Morgan fingerprint density at radius 1 is 0.718 bits per heavy atom. The molecule has 0 saturated carbocycles. The number of rotatable bonds is 26. The molecule has 0 aliphatic heterocycles. The van der Waals surface area contributed by atoms with Gasteiger partial charge in [-0.05, 0) is 43.7 Å². The van der Waals surface area contributed by atoms with Gasteiger partial charge < -0.3 is 10.9 Å². The van der Waals surface area contributed by atoms with Crippen LogP contribution in [0.4, 0.5) is 0 Å². The monoisotopic (exact) mass is 609 g/mol. The van der Waals surface area contributed by atoms with Gasteiger partial charge in [-0.3, -0.25) is 4.79 Å². The number of ether oxygens (including phenoxy) is 1.